The number of amides is 1. The van der Waals surface area contributed by atoms with E-state index >= 15 is 0 Å². The molecule has 0 aliphatic carbocycles. The molecule has 1 saturated heterocycles. The lowest BCUT2D eigenvalue weighted by Crippen LogP contribution is -2.43. The number of hydrogen-bond donors (Lipinski definition) is 2. The topological polar surface area (TPSA) is 41.1 Å². The predicted octanol–water partition coefficient (Wildman–Crippen LogP) is 2.21. The number of nitrogens with one attached hydrogen (secondary N) is 2. The number of aryl methyl sites for hydroxylation is 1. The SMILES string of the molecule is Cc1ccc(NC(=O)[C@H]2CCCCN2)cc1F. The van der Waals surface area contributed by atoms with E-state index in [0.717, 1.165) is 25.8 Å². The molecule has 1 heterocycles. The molecule has 1 aliphatic heterocycles. The van der Waals surface area contributed by atoms with Crippen LogP contribution in [0.3, 0.4) is 0 Å². The third kappa shape index (κ3) is 3.03. The summed E-state index contributed by atoms with van der Waals surface area (Å²) in [6, 6.07) is 4.60. The van der Waals surface area contributed by atoms with Crippen molar-refractivity contribution in [1.29, 1.82) is 0 Å². The molecule has 1 aliphatic rings. The van der Waals surface area contributed by atoms with Gasteiger partial charge < -0.3 is 10.6 Å². The van der Waals surface area contributed by atoms with Gasteiger partial charge >= 0.3 is 0 Å². The molecule has 0 bridgehead atoms. The molecule has 0 aromatic heterocycles. The summed E-state index contributed by atoms with van der Waals surface area (Å²) in [6.45, 7) is 2.57. The van der Waals surface area contributed by atoms with Crippen LogP contribution in [0.2, 0.25) is 0 Å². The summed E-state index contributed by atoms with van der Waals surface area (Å²) in [4.78, 5) is 11.9. The minimum Gasteiger partial charge on any atom is -0.325 e. The number of rotatable bonds is 2. The van der Waals surface area contributed by atoms with Crippen molar-refractivity contribution in [2.75, 3.05) is 11.9 Å². The zero-order chi connectivity index (χ0) is 12.3. The molecule has 2 N–H and O–H groups in total. The molecule has 1 aromatic rings. The smallest absolute Gasteiger partial charge is 0.241 e. The van der Waals surface area contributed by atoms with Crippen LogP contribution in [0.25, 0.3) is 0 Å². The van der Waals surface area contributed by atoms with Crippen LogP contribution in [-0.4, -0.2) is 18.5 Å². The van der Waals surface area contributed by atoms with E-state index in [9.17, 15) is 9.18 Å². The van der Waals surface area contributed by atoms with E-state index in [1.807, 2.05) is 0 Å². The summed E-state index contributed by atoms with van der Waals surface area (Å²) >= 11 is 0. The Balaban J connectivity index is 1.99. The quantitative estimate of drug-likeness (QED) is 0.826. The third-order valence-electron chi connectivity index (χ3n) is 3.07. The normalized spacial score (nSPS) is 20.0. The number of benzene rings is 1. The molecule has 4 heteroatoms. The highest BCUT2D eigenvalue weighted by atomic mass is 19.1. The summed E-state index contributed by atoms with van der Waals surface area (Å²) in [5, 5.41) is 5.90. The van der Waals surface area contributed by atoms with Gasteiger partial charge in [-0.05, 0) is 44.0 Å². The van der Waals surface area contributed by atoms with E-state index in [2.05, 4.69) is 10.6 Å². The van der Waals surface area contributed by atoms with Gasteiger partial charge in [-0.25, -0.2) is 4.39 Å². The van der Waals surface area contributed by atoms with Crippen molar-refractivity contribution in [3.8, 4) is 0 Å². The van der Waals surface area contributed by atoms with Gasteiger partial charge in [0.05, 0.1) is 6.04 Å². The van der Waals surface area contributed by atoms with E-state index in [1.54, 1.807) is 19.1 Å². The van der Waals surface area contributed by atoms with Gasteiger partial charge in [0, 0.05) is 5.69 Å². The Morgan fingerprint density at radius 1 is 1.47 bits per heavy atom. The summed E-state index contributed by atoms with van der Waals surface area (Å²) in [5.41, 5.74) is 1.10. The molecule has 1 atom stereocenters. The van der Waals surface area contributed by atoms with Crippen molar-refractivity contribution in [2.24, 2.45) is 0 Å². The van der Waals surface area contributed by atoms with E-state index in [1.165, 1.54) is 6.07 Å². The Hall–Kier alpha value is -1.42. The van der Waals surface area contributed by atoms with E-state index < -0.39 is 0 Å². The molecule has 3 nitrogen and oxygen atoms in total. The first-order valence-corrected chi connectivity index (χ1v) is 5.97. The zero-order valence-corrected chi connectivity index (χ0v) is 9.92. The Kier molecular flexibility index (Phi) is 3.74. The molecule has 0 radical (unpaired) electrons. The van der Waals surface area contributed by atoms with Crippen LogP contribution in [-0.2, 0) is 4.79 Å². The van der Waals surface area contributed by atoms with E-state index in [0.29, 0.717) is 11.3 Å². The molecule has 17 heavy (non-hydrogen) atoms. The minimum absolute atomic E-state index is 0.0760. The van der Waals surface area contributed by atoms with Crippen LogP contribution in [0.1, 0.15) is 24.8 Å². The standard InChI is InChI=1S/C13H17FN2O/c1-9-5-6-10(8-11(9)14)16-13(17)12-4-2-3-7-15-12/h5-6,8,12,15H,2-4,7H2,1H3,(H,16,17)/t12-/m1/s1. The number of piperidine rings is 1. The number of carbonyl (C=O) groups excluding carboxylic acids is 1. The molecular formula is C13H17FN2O. The number of hydrogen-bond acceptors (Lipinski definition) is 2. The maximum Gasteiger partial charge on any atom is 0.241 e. The van der Waals surface area contributed by atoms with Crippen molar-refractivity contribution in [2.45, 2.75) is 32.2 Å². The number of halogens is 1. The average molecular weight is 236 g/mol. The lowest BCUT2D eigenvalue weighted by atomic mass is 10.0. The molecule has 1 fully saturated rings. The van der Waals surface area contributed by atoms with Gasteiger partial charge in [-0.3, -0.25) is 4.79 Å². The van der Waals surface area contributed by atoms with Crippen molar-refractivity contribution in [3.05, 3.63) is 29.6 Å². The fourth-order valence-electron chi connectivity index (χ4n) is 1.98. The van der Waals surface area contributed by atoms with Crippen LogP contribution < -0.4 is 10.6 Å². The number of carbonyl (C=O) groups is 1. The summed E-state index contributed by atoms with van der Waals surface area (Å²) < 4.78 is 13.3. The Morgan fingerprint density at radius 2 is 2.29 bits per heavy atom. The fourth-order valence-corrected chi connectivity index (χ4v) is 1.98. The van der Waals surface area contributed by atoms with Crippen molar-refractivity contribution < 1.29 is 9.18 Å². The maximum atomic E-state index is 13.3. The summed E-state index contributed by atoms with van der Waals surface area (Å²) in [6.07, 6.45) is 3.02. The maximum absolute atomic E-state index is 13.3. The first-order chi connectivity index (χ1) is 8.16. The monoisotopic (exact) mass is 236 g/mol. The molecule has 92 valence electrons. The first kappa shape index (κ1) is 12.0. The predicted molar refractivity (Wildman–Crippen MR) is 65.4 cm³/mol. The highest BCUT2D eigenvalue weighted by molar-refractivity contribution is 5.94. The van der Waals surface area contributed by atoms with Gasteiger partial charge in [-0.2, -0.15) is 0 Å². The second kappa shape index (κ2) is 5.27. The van der Waals surface area contributed by atoms with Gasteiger partial charge in [-0.1, -0.05) is 12.5 Å². The molecule has 0 unspecified atom stereocenters. The summed E-state index contributed by atoms with van der Waals surface area (Å²) in [5.74, 6) is -0.368. The second-order valence-electron chi connectivity index (χ2n) is 4.46. The molecule has 1 aromatic carbocycles. The van der Waals surface area contributed by atoms with E-state index in [4.69, 9.17) is 0 Å². The van der Waals surface area contributed by atoms with Crippen molar-refractivity contribution in [1.82, 2.24) is 5.32 Å². The van der Waals surface area contributed by atoms with Gasteiger partial charge in [0.25, 0.3) is 0 Å². The van der Waals surface area contributed by atoms with Gasteiger partial charge in [0.1, 0.15) is 5.82 Å². The van der Waals surface area contributed by atoms with Crippen molar-refractivity contribution >= 4 is 11.6 Å². The first-order valence-electron chi connectivity index (χ1n) is 5.97. The highest BCUT2D eigenvalue weighted by Gasteiger charge is 2.20. The second-order valence-corrected chi connectivity index (χ2v) is 4.46. The Bertz CT molecular complexity index is 414. The molecule has 1 amide bonds. The van der Waals surface area contributed by atoms with Crippen LogP contribution >= 0.6 is 0 Å². The Labute approximate surface area is 100 Å². The third-order valence-corrected chi connectivity index (χ3v) is 3.07. The molecule has 0 spiro atoms. The van der Waals surface area contributed by atoms with Crippen LogP contribution in [0.5, 0.6) is 0 Å². The largest absolute Gasteiger partial charge is 0.325 e. The molecular weight excluding hydrogens is 219 g/mol. The Morgan fingerprint density at radius 3 is 2.94 bits per heavy atom. The zero-order valence-electron chi connectivity index (χ0n) is 9.92. The number of anilines is 1. The van der Waals surface area contributed by atoms with Gasteiger partial charge in [0.2, 0.25) is 5.91 Å². The molecule has 2 rings (SSSR count). The van der Waals surface area contributed by atoms with E-state index in [-0.39, 0.29) is 17.8 Å². The highest BCUT2D eigenvalue weighted by Crippen LogP contribution is 2.15. The van der Waals surface area contributed by atoms with Crippen molar-refractivity contribution in [3.63, 3.8) is 0 Å². The molecule has 0 saturated carbocycles. The van der Waals surface area contributed by atoms with Crippen LogP contribution in [0, 0.1) is 12.7 Å². The average Bonchev–Trinajstić information content (AvgIpc) is 2.35. The fraction of sp³-hybridized carbons (Fsp3) is 0.462. The van der Waals surface area contributed by atoms with Gasteiger partial charge in [0.15, 0.2) is 0 Å². The lowest BCUT2D eigenvalue weighted by molar-refractivity contribution is -0.118. The van der Waals surface area contributed by atoms with Gasteiger partial charge in [-0.15, -0.1) is 0 Å². The lowest BCUT2D eigenvalue weighted by Gasteiger charge is -2.22. The van der Waals surface area contributed by atoms with Crippen LogP contribution in [0.15, 0.2) is 18.2 Å². The minimum atomic E-state index is -0.292. The summed E-state index contributed by atoms with van der Waals surface area (Å²) in [7, 11) is 0. The van der Waals surface area contributed by atoms with Crippen LogP contribution in [0.4, 0.5) is 10.1 Å².